The zero-order valence-corrected chi connectivity index (χ0v) is 15.8. The van der Waals surface area contributed by atoms with E-state index >= 15 is 0 Å². The number of benzene rings is 1. The van der Waals surface area contributed by atoms with Crippen molar-refractivity contribution >= 4 is 40.1 Å². The molecule has 0 bridgehead atoms. The van der Waals surface area contributed by atoms with Crippen LogP contribution in [-0.4, -0.2) is 30.4 Å². The molecule has 0 unspecified atom stereocenters. The third kappa shape index (κ3) is 3.04. The molecule has 27 heavy (non-hydrogen) atoms. The van der Waals surface area contributed by atoms with E-state index in [1.807, 2.05) is 0 Å². The lowest BCUT2D eigenvalue weighted by atomic mass is 9.95. The molecule has 2 aliphatic rings. The number of esters is 1. The number of fused-ring (bicyclic) bond motifs is 2. The summed E-state index contributed by atoms with van der Waals surface area (Å²) >= 11 is 1.46. The molecule has 0 saturated carbocycles. The number of ketones is 2. The van der Waals surface area contributed by atoms with Crippen LogP contribution in [-0.2, 0) is 17.6 Å². The van der Waals surface area contributed by atoms with Gasteiger partial charge < -0.3 is 4.74 Å². The fraction of sp³-hybridized carbons (Fsp3) is 0.333. The molecule has 138 valence electrons. The number of aliphatic imine (C=N–C) groups is 1. The zero-order valence-electron chi connectivity index (χ0n) is 15.0. The van der Waals surface area contributed by atoms with Crippen LogP contribution in [0.1, 0.15) is 61.3 Å². The summed E-state index contributed by atoms with van der Waals surface area (Å²) in [7, 11) is 0. The number of rotatable bonds is 4. The lowest BCUT2D eigenvalue weighted by Crippen LogP contribution is -2.16. The Kier molecular flexibility index (Phi) is 4.74. The topological polar surface area (TPSA) is 72.8 Å². The third-order valence-corrected chi connectivity index (χ3v) is 6.20. The van der Waals surface area contributed by atoms with Gasteiger partial charge >= 0.3 is 5.97 Å². The fourth-order valence-corrected chi connectivity index (χ4v) is 4.93. The highest BCUT2D eigenvalue weighted by Crippen LogP contribution is 2.40. The molecule has 0 amide bonds. The summed E-state index contributed by atoms with van der Waals surface area (Å²) in [5.74, 6) is -1.77. The molecule has 2 aliphatic carbocycles. The van der Waals surface area contributed by atoms with Crippen molar-refractivity contribution in [2.75, 3.05) is 6.61 Å². The van der Waals surface area contributed by atoms with Crippen molar-refractivity contribution in [1.82, 2.24) is 0 Å². The molecular weight excluding hydrogens is 362 g/mol. The minimum atomic E-state index is -0.920. The molecule has 0 fully saturated rings. The molecule has 4 rings (SSSR count). The van der Waals surface area contributed by atoms with Crippen molar-refractivity contribution in [2.24, 2.45) is 10.9 Å². The van der Waals surface area contributed by atoms with E-state index in [-0.39, 0.29) is 17.5 Å². The summed E-state index contributed by atoms with van der Waals surface area (Å²) in [6.45, 7) is 2.06. The molecule has 0 atom stereocenters. The molecule has 1 heterocycles. The average molecular weight is 381 g/mol. The van der Waals surface area contributed by atoms with Crippen LogP contribution in [0.3, 0.4) is 0 Å². The third-order valence-electron chi connectivity index (χ3n) is 5.00. The molecule has 5 nitrogen and oxygen atoms in total. The second kappa shape index (κ2) is 7.19. The normalized spacial score (nSPS) is 16.6. The quantitative estimate of drug-likeness (QED) is 0.452. The van der Waals surface area contributed by atoms with Gasteiger partial charge in [-0.1, -0.05) is 24.3 Å². The Hall–Kier alpha value is -2.60. The molecule has 1 aromatic heterocycles. The van der Waals surface area contributed by atoms with Gasteiger partial charge in [0.25, 0.3) is 0 Å². The number of Topliss-reactive ketones (excluding diaryl/α,β-unsaturated/α-hetero) is 2. The van der Waals surface area contributed by atoms with Crippen molar-refractivity contribution in [3.8, 4) is 0 Å². The maximum Gasteiger partial charge on any atom is 0.341 e. The minimum Gasteiger partial charge on any atom is -0.462 e. The maximum atomic E-state index is 12.5. The van der Waals surface area contributed by atoms with Gasteiger partial charge in [-0.05, 0) is 38.2 Å². The number of carbonyl (C=O) groups excluding carboxylic acids is 3. The summed E-state index contributed by atoms with van der Waals surface area (Å²) < 4.78 is 5.22. The second-order valence-corrected chi connectivity index (χ2v) is 7.73. The van der Waals surface area contributed by atoms with Gasteiger partial charge in [0.05, 0.1) is 12.2 Å². The monoisotopic (exact) mass is 381 g/mol. The average Bonchev–Trinajstić information content (AvgIpc) is 3.16. The van der Waals surface area contributed by atoms with Crippen LogP contribution < -0.4 is 0 Å². The molecule has 0 aliphatic heterocycles. The highest BCUT2D eigenvalue weighted by molar-refractivity contribution is 7.16. The summed E-state index contributed by atoms with van der Waals surface area (Å²) in [6, 6.07) is 6.82. The summed E-state index contributed by atoms with van der Waals surface area (Å²) in [5, 5.41) is 0.539. The van der Waals surface area contributed by atoms with Crippen molar-refractivity contribution < 1.29 is 19.1 Å². The molecule has 0 radical (unpaired) electrons. The van der Waals surface area contributed by atoms with Gasteiger partial charge in [-0.2, -0.15) is 0 Å². The number of carbonyl (C=O) groups is 3. The predicted octanol–water partition coefficient (Wildman–Crippen LogP) is 4.20. The first-order valence-electron chi connectivity index (χ1n) is 9.15. The van der Waals surface area contributed by atoms with Gasteiger partial charge in [0.15, 0.2) is 11.6 Å². The van der Waals surface area contributed by atoms with Gasteiger partial charge in [-0.25, -0.2) is 9.79 Å². The molecule has 6 heteroatoms. The zero-order chi connectivity index (χ0) is 19.0. The van der Waals surface area contributed by atoms with Crippen LogP contribution in [0, 0.1) is 5.92 Å². The number of hydrogen-bond donors (Lipinski definition) is 0. The Morgan fingerprint density at radius 2 is 1.85 bits per heavy atom. The predicted molar refractivity (Wildman–Crippen MR) is 104 cm³/mol. The van der Waals surface area contributed by atoms with Crippen molar-refractivity contribution in [3.05, 3.63) is 51.4 Å². The van der Waals surface area contributed by atoms with Crippen molar-refractivity contribution in [1.29, 1.82) is 0 Å². The standard InChI is InChI=1S/C21H19NO4S/c1-2-26-21(25)17-14-9-5-6-10-16(14)27-20(17)22-11-15-18(23)12-7-3-4-8-13(12)19(15)24/h3-4,7-8,11,15H,2,5-6,9-10H2,1H3/b22-11+. The molecular formula is C21H19NO4S. The summed E-state index contributed by atoms with van der Waals surface area (Å²) in [4.78, 5) is 43.2. The number of ether oxygens (including phenoxy) is 1. The molecule has 0 N–H and O–H groups in total. The first-order chi connectivity index (χ1) is 13.1. The van der Waals surface area contributed by atoms with Crippen molar-refractivity contribution in [3.63, 3.8) is 0 Å². The van der Waals surface area contributed by atoms with Crippen LogP contribution >= 0.6 is 11.3 Å². The number of aryl methyl sites for hydroxylation is 1. The maximum absolute atomic E-state index is 12.5. The van der Waals surface area contributed by atoms with E-state index < -0.39 is 5.92 Å². The molecule has 0 saturated heterocycles. The van der Waals surface area contributed by atoms with Crippen molar-refractivity contribution in [2.45, 2.75) is 32.6 Å². The lowest BCUT2D eigenvalue weighted by molar-refractivity contribution is 0.0526. The molecule has 2 aromatic rings. The Bertz CT molecular complexity index is 938. The van der Waals surface area contributed by atoms with Gasteiger partial charge in [0.2, 0.25) is 0 Å². The SMILES string of the molecule is CCOC(=O)c1c(/N=C/C2C(=O)c3ccccc3C2=O)sc2c1CCCC2. The first kappa shape index (κ1) is 17.8. The van der Waals surface area contributed by atoms with E-state index in [1.54, 1.807) is 31.2 Å². The van der Waals surface area contributed by atoms with Crippen LogP contribution in [0.15, 0.2) is 29.3 Å². The van der Waals surface area contributed by atoms with E-state index in [9.17, 15) is 14.4 Å². The van der Waals surface area contributed by atoms with Gasteiger partial charge in [0.1, 0.15) is 10.9 Å². The van der Waals surface area contributed by atoms with Crippen LogP contribution in [0.2, 0.25) is 0 Å². The van der Waals surface area contributed by atoms with Crippen LogP contribution in [0.4, 0.5) is 5.00 Å². The first-order valence-corrected chi connectivity index (χ1v) is 9.96. The van der Waals surface area contributed by atoms with E-state index in [1.165, 1.54) is 17.6 Å². The Balaban J connectivity index is 1.69. The number of hydrogen-bond acceptors (Lipinski definition) is 6. The Labute approximate surface area is 161 Å². The highest BCUT2D eigenvalue weighted by Gasteiger charge is 2.37. The fourth-order valence-electron chi connectivity index (χ4n) is 3.70. The van der Waals surface area contributed by atoms with Gasteiger partial charge in [-0.3, -0.25) is 9.59 Å². The van der Waals surface area contributed by atoms with Gasteiger partial charge in [0, 0.05) is 22.2 Å². The molecule has 0 spiro atoms. The Morgan fingerprint density at radius 1 is 1.19 bits per heavy atom. The highest BCUT2D eigenvalue weighted by atomic mass is 32.1. The largest absolute Gasteiger partial charge is 0.462 e. The minimum absolute atomic E-state index is 0.238. The van der Waals surface area contributed by atoms with E-state index in [0.29, 0.717) is 28.3 Å². The second-order valence-electron chi connectivity index (χ2n) is 6.64. The van der Waals surface area contributed by atoms with Crippen LogP contribution in [0.25, 0.3) is 0 Å². The summed E-state index contributed by atoms with van der Waals surface area (Å²) in [6.07, 6.45) is 5.28. The summed E-state index contributed by atoms with van der Waals surface area (Å²) in [5.41, 5.74) is 2.40. The smallest absolute Gasteiger partial charge is 0.341 e. The van der Waals surface area contributed by atoms with E-state index in [0.717, 1.165) is 36.1 Å². The number of nitrogens with zero attached hydrogens (tertiary/aromatic N) is 1. The Morgan fingerprint density at radius 3 is 2.52 bits per heavy atom. The number of thiophene rings is 1. The van der Waals surface area contributed by atoms with Gasteiger partial charge in [-0.15, -0.1) is 11.3 Å². The van der Waals surface area contributed by atoms with E-state index in [4.69, 9.17) is 4.74 Å². The molecule has 1 aromatic carbocycles. The van der Waals surface area contributed by atoms with Crippen LogP contribution in [0.5, 0.6) is 0 Å². The van der Waals surface area contributed by atoms with E-state index in [2.05, 4.69) is 4.99 Å². The lowest BCUT2D eigenvalue weighted by Gasteiger charge is -2.11.